The van der Waals surface area contributed by atoms with E-state index < -0.39 is 0 Å². The highest BCUT2D eigenvalue weighted by molar-refractivity contribution is 5.94. The van der Waals surface area contributed by atoms with Gasteiger partial charge in [0.05, 0.1) is 0 Å². The molecule has 0 aliphatic carbocycles. The van der Waals surface area contributed by atoms with Crippen LogP contribution in [0.4, 0.5) is 5.82 Å². The molecule has 2 saturated heterocycles. The molecular weight excluding hydrogens is 436 g/mol. The maximum absolute atomic E-state index is 12.9. The van der Waals surface area contributed by atoms with Gasteiger partial charge in [-0.05, 0) is 48.7 Å². The first-order valence-electron chi connectivity index (χ1n) is 12.7. The van der Waals surface area contributed by atoms with Gasteiger partial charge < -0.3 is 15.0 Å². The average Bonchev–Trinajstić information content (AvgIpc) is 2.91. The molecule has 0 atom stereocenters. The standard InChI is InChI=1S/C29H34N4O2/c34-29(31-25-12-17-32(18-13-25)22-23-7-2-1-3-8-23)24-9-6-10-27(21-24)35-26-14-19-33(20-15-26)28-11-4-5-16-30-28/h1-11,16,21,25-26H,12-15,17-20,22H2,(H,31,34). The number of piperidine rings is 2. The van der Waals surface area contributed by atoms with Crippen LogP contribution in [-0.4, -0.2) is 54.1 Å². The van der Waals surface area contributed by atoms with Gasteiger partial charge in [0.15, 0.2) is 0 Å². The molecule has 3 aromatic rings. The Balaban J connectivity index is 1.08. The highest BCUT2D eigenvalue weighted by Crippen LogP contribution is 2.23. The molecule has 1 aromatic heterocycles. The number of benzene rings is 2. The van der Waals surface area contributed by atoms with Gasteiger partial charge in [0.2, 0.25) is 0 Å². The second-order valence-electron chi connectivity index (χ2n) is 9.53. The zero-order chi connectivity index (χ0) is 23.9. The molecule has 2 fully saturated rings. The number of ether oxygens (including phenoxy) is 1. The number of hydrogen-bond donors (Lipinski definition) is 1. The number of amides is 1. The van der Waals surface area contributed by atoms with E-state index in [1.807, 2.05) is 42.6 Å². The lowest BCUT2D eigenvalue weighted by atomic mass is 10.0. The molecule has 0 bridgehead atoms. The van der Waals surface area contributed by atoms with Gasteiger partial charge in [-0.15, -0.1) is 0 Å². The number of hydrogen-bond acceptors (Lipinski definition) is 5. The van der Waals surface area contributed by atoms with Gasteiger partial charge in [-0.2, -0.15) is 0 Å². The van der Waals surface area contributed by atoms with E-state index in [9.17, 15) is 4.79 Å². The number of pyridine rings is 1. The van der Waals surface area contributed by atoms with Crippen LogP contribution in [0.25, 0.3) is 0 Å². The van der Waals surface area contributed by atoms with E-state index in [0.717, 1.165) is 70.0 Å². The van der Waals surface area contributed by atoms with E-state index in [4.69, 9.17) is 4.74 Å². The first-order valence-corrected chi connectivity index (χ1v) is 12.7. The molecule has 1 amide bonds. The van der Waals surface area contributed by atoms with Crippen LogP contribution in [0, 0.1) is 0 Å². The van der Waals surface area contributed by atoms with Crippen molar-refractivity contribution in [2.24, 2.45) is 0 Å². The second-order valence-corrected chi connectivity index (χ2v) is 9.53. The molecule has 2 aliphatic rings. The minimum atomic E-state index is -0.0121. The summed E-state index contributed by atoms with van der Waals surface area (Å²) in [6.45, 7) is 4.82. The van der Waals surface area contributed by atoms with Crippen LogP contribution in [-0.2, 0) is 6.54 Å². The Labute approximate surface area is 207 Å². The lowest BCUT2D eigenvalue weighted by Crippen LogP contribution is -2.44. The van der Waals surface area contributed by atoms with Gasteiger partial charge in [0.25, 0.3) is 5.91 Å². The van der Waals surface area contributed by atoms with Crippen LogP contribution in [0.2, 0.25) is 0 Å². The van der Waals surface area contributed by atoms with Gasteiger partial charge >= 0.3 is 0 Å². The second kappa shape index (κ2) is 11.4. The van der Waals surface area contributed by atoms with Crippen molar-refractivity contribution in [2.75, 3.05) is 31.1 Å². The van der Waals surface area contributed by atoms with Crippen LogP contribution in [0.5, 0.6) is 5.75 Å². The largest absolute Gasteiger partial charge is 0.490 e. The maximum atomic E-state index is 12.9. The van der Waals surface area contributed by atoms with E-state index in [2.05, 4.69) is 56.5 Å². The summed E-state index contributed by atoms with van der Waals surface area (Å²) in [5.74, 6) is 1.78. The topological polar surface area (TPSA) is 57.7 Å². The molecule has 0 unspecified atom stereocenters. The molecule has 6 heteroatoms. The molecule has 2 aromatic carbocycles. The molecule has 0 spiro atoms. The third-order valence-electron chi connectivity index (χ3n) is 6.99. The summed E-state index contributed by atoms with van der Waals surface area (Å²) in [6.07, 6.45) is 5.82. The Morgan fingerprint density at radius 1 is 0.886 bits per heavy atom. The Hall–Kier alpha value is -3.38. The molecule has 2 aliphatic heterocycles. The lowest BCUT2D eigenvalue weighted by Gasteiger charge is -2.33. The molecule has 6 nitrogen and oxygen atoms in total. The molecule has 1 N–H and O–H groups in total. The summed E-state index contributed by atoms with van der Waals surface area (Å²) in [4.78, 5) is 22.2. The first kappa shape index (κ1) is 23.4. The number of aromatic nitrogens is 1. The normalized spacial score (nSPS) is 17.8. The highest BCUT2D eigenvalue weighted by Gasteiger charge is 2.23. The molecular formula is C29H34N4O2. The van der Waals surface area contributed by atoms with Crippen LogP contribution in [0.15, 0.2) is 79.0 Å². The van der Waals surface area contributed by atoms with Crippen molar-refractivity contribution in [3.63, 3.8) is 0 Å². The molecule has 35 heavy (non-hydrogen) atoms. The minimum Gasteiger partial charge on any atom is -0.490 e. The summed E-state index contributed by atoms with van der Waals surface area (Å²) < 4.78 is 6.26. The zero-order valence-corrected chi connectivity index (χ0v) is 20.2. The predicted molar refractivity (Wildman–Crippen MR) is 139 cm³/mol. The third kappa shape index (κ3) is 6.40. The smallest absolute Gasteiger partial charge is 0.251 e. The van der Waals surface area contributed by atoms with Gasteiger partial charge in [0, 0.05) is 63.4 Å². The number of carbonyl (C=O) groups is 1. The summed E-state index contributed by atoms with van der Waals surface area (Å²) in [6, 6.07) is 24.4. The van der Waals surface area contributed by atoms with E-state index in [0.29, 0.717) is 5.56 Å². The van der Waals surface area contributed by atoms with Gasteiger partial charge in [-0.1, -0.05) is 42.5 Å². The lowest BCUT2D eigenvalue weighted by molar-refractivity contribution is 0.0907. The minimum absolute atomic E-state index is 0.0121. The van der Waals surface area contributed by atoms with Gasteiger partial charge in [0.1, 0.15) is 17.7 Å². The Bertz CT molecular complexity index is 1080. The summed E-state index contributed by atoms with van der Waals surface area (Å²) in [5.41, 5.74) is 2.01. The Morgan fingerprint density at radius 3 is 2.40 bits per heavy atom. The monoisotopic (exact) mass is 470 g/mol. The SMILES string of the molecule is O=C(NC1CCN(Cc2ccccc2)CC1)c1cccc(OC2CCN(c3ccccn3)CC2)c1. The van der Waals surface area contributed by atoms with Gasteiger partial charge in [-0.25, -0.2) is 4.98 Å². The predicted octanol–water partition coefficient (Wildman–Crippen LogP) is 4.52. The molecule has 5 rings (SSSR count). The first-order chi connectivity index (χ1) is 17.2. The fourth-order valence-corrected chi connectivity index (χ4v) is 4.99. The molecule has 182 valence electrons. The van der Waals surface area contributed by atoms with Crippen molar-refractivity contribution >= 4 is 11.7 Å². The number of nitrogens with one attached hydrogen (secondary N) is 1. The van der Waals surface area contributed by atoms with E-state index in [1.54, 1.807) is 0 Å². The number of likely N-dealkylation sites (tertiary alicyclic amines) is 1. The Morgan fingerprint density at radius 2 is 1.66 bits per heavy atom. The zero-order valence-electron chi connectivity index (χ0n) is 20.2. The fraction of sp³-hybridized carbons (Fsp3) is 0.379. The number of anilines is 1. The quantitative estimate of drug-likeness (QED) is 0.550. The van der Waals surface area contributed by atoms with Crippen molar-refractivity contribution in [2.45, 2.75) is 44.4 Å². The fourth-order valence-electron chi connectivity index (χ4n) is 4.99. The number of nitrogens with zero attached hydrogens (tertiary/aromatic N) is 3. The summed E-state index contributed by atoms with van der Waals surface area (Å²) >= 11 is 0. The van der Waals surface area contributed by atoms with Crippen LogP contribution < -0.4 is 15.0 Å². The average molecular weight is 471 g/mol. The summed E-state index contributed by atoms with van der Waals surface area (Å²) in [7, 11) is 0. The van der Waals surface area contributed by atoms with Crippen LogP contribution >= 0.6 is 0 Å². The van der Waals surface area contributed by atoms with E-state index in [-0.39, 0.29) is 18.1 Å². The van der Waals surface area contributed by atoms with E-state index in [1.165, 1.54) is 5.56 Å². The van der Waals surface area contributed by atoms with Crippen molar-refractivity contribution in [3.8, 4) is 5.75 Å². The third-order valence-corrected chi connectivity index (χ3v) is 6.99. The van der Waals surface area contributed by atoms with Crippen molar-refractivity contribution in [1.82, 2.24) is 15.2 Å². The molecule has 0 radical (unpaired) electrons. The Kier molecular flexibility index (Phi) is 7.59. The van der Waals surface area contributed by atoms with Crippen molar-refractivity contribution in [1.29, 1.82) is 0 Å². The van der Waals surface area contributed by atoms with Gasteiger partial charge in [-0.3, -0.25) is 9.69 Å². The molecule has 3 heterocycles. The number of rotatable bonds is 7. The van der Waals surface area contributed by atoms with Crippen molar-refractivity contribution < 1.29 is 9.53 Å². The van der Waals surface area contributed by atoms with Crippen molar-refractivity contribution in [3.05, 3.63) is 90.1 Å². The van der Waals surface area contributed by atoms with E-state index >= 15 is 0 Å². The summed E-state index contributed by atoms with van der Waals surface area (Å²) in [5, 5.41) is 3.24. The highest BCUT2D eigenvalue weighted by atomic mass is 16.5. The number of carbonyl (C=O) groups excluding carboxylic acids is 1. The van der Waals surface area contributed by atoms with Crippen LogP contribution in [0.3, 0.4) is 0 Å². The maximum Gasteiger partial charge on any atom is 0.251 e. The van der Waals surface area contributed by atoms with Crippen LogP contribution in [0.1, 0.15) is 41.6 Å². The molecule has 0 saturated carbocycles.